The van der Waals surface area contributed by atoms with E-state index in [0.29, 0.717) is 13.1 Å². The van der Waals surface area contributed by atoms with Gasteiger partial charge in [0.25, 0.3) is 0 Å². The minimum atomic E-state index is -0.186. The minimum absolute atomic E-state index is 0.0607. The molecule has 0 fully saturated rings. The van der Waals surface area contributed by atoms with Crippen molar-refractivity contribution in [2.45, 2.75) is 32.7 Å². The predicted molar refractivity (Wildman–Crippen MR) is 69.5 cm³/mol. The summed E-state index contributed by atoms with van der Waals surface area (Å²) in [6.07, 6.45) is 4.19. The largest absolute Gasteiger partial charge is 0.352 e. The van der Waals surface area contributed by atoms with E-state index in [4.69, 9.17) is 0 Å². The molecule has 4 heteroatoms. The summed E-state index contributed by atoms with van der Waals surface area (Å²) in [6.45, 7) is 12.1. The third-order valence-corrected chi connectivity index (χ3v) is 2.50. The Morgan fingerprint density at radius 3 is 2.47 bits per heavy atom. The monoisotopic (exact) mass is 238 g/mol. The van der Waals surface area contributed by atoms with Crippen LogP contribution < -0.4 is 5.32 Å². The van der Waals surface area contributed by atoms with Crippen molar-refractivity contribution < 1.29 is 9.59 Å². The minimum Gasteiger partial charge on any atom is -0.352 e. The molecule has 0 aliphatic heterocycles. The topological polar surface area (TPSA) is 49.4 Å². The summed E-state index contributed by atoms with van der Waals surface area (Å²) in [5, 5.41) is 2.70. The zero-order valence-corrected chi connectivity index (χ0v) is 10.7. The normalized spacial score (nSPS) is 11.4. The Morgan fingerprint density at radius 1 is 1.35 bits per heavy atom. The number of carbonyl (C=O) groups excluding carboxylic acids is 2. The van der Waals surface area contributed by atoms with Crippen LogP contribution in [-0.4, -0.2) is 35.8 Å². The molecule has 96 valence electrons. The van der Waals surface area contributed by atoms with Crippen molar-refractivity contribution in [2.24, 2.45) is 0 Å². The standard InChI is InChI=1S/C13H22N2O2/c1-5-10-15(13(17)7-3)11(4)8-9-14-12(16)6-2/h6-7,11H,2-3,5,8-10H2,1,4H3,(H,14,16). The Labute approximate surface area is 103 Å². The molecular weight excluding hydrogens is 216 g/mol. The highest BCUT2D eigenvalue weighted by molar-refractivity contribution is 5.87. The smallest absolute Gasteiger partial charge is 0.246 e. The van der Waals surface area contributed by atoms with Crippen LogP contribution in [0.25, 0.3) is 0 Å². The van der Waals surface area contributed by atoms with Gasteiger partial charge < -0.3 is 10.2 Å². The maximum atomic E-state index is 11.6. The molecule has 0 aliphatic carbocycles. The number of rotatable bonds is 8. The zero-order chi connectivity index (χ0) is 13.3. The summed E-state index contributed by atoms with van der Waals surface area (Å²) in [4.78, 5) is 24.3. The van der Waals surface area contributed by atoms with E-state index in [9.17, 15) is 9.59 Å². The molecule has 1 atom stereocenters. The van der Waals surface area contributed by atoms with Crippen LogP contribution in [0, 0.1) is 0 Å². The molecule has 0 bridgehead atoms. The average Bonchev–Trinajstić information content (AvgIpc) is 2.34. The first kappa shape index (κ1) is 15.4. The fraction of sp³-hybridized carbons (Fsp3) is 0.538. The van der Waals surface area contributed by atoms with Crippen molar-refractivity contribution >= 4 is 11.8 Å². The van der Waals surface area contributed by atoms with Gasteiger partial charge in [-0.3, -0.25) is 9.59 Å². The van der Waals surface area contributed by atoms with Crippen LogP contribution in [0.15, 0.2) is 25.3 Å². The number of nitrogens with zero attached hydrogens (tertiary/aromatic N) is 1. The molecule has 1 unspecified atom stereocenters. The van der Waals surface area contributed by atoms with Crippen molar-refractivity contribution in [3.8, 4) is 0 Å². The summed E-state index contributed by atoms with van der Waals surface area (Å²) in [5.41, 5.74) is 0. The van der Waals surface area contributed by atoms with Gasteiger partial charge in [-0.05, 0) is 31.9 Å². The van der Waals surface area contributed by atoms with Crippen molar-refractivity contribution in [2.75, 3.05) is 13.1 Å². The zero-order valence-electron chi connectivity index (χ0n) is 10.7. The Bertz CT molecular complexity index is 287. The maximum Gasteiger partial charge on any atom is 0.246 e. The molecule has 4 nitrogen and oxygen atoms in total. The second kappa shape index (κ2) is 8.56. The van der Waals surface area contributed by atoms with Crippen LogP contribution in [0.1, 0.15) is 26.7 Å². The Morgan fingerprint density at radius 2 is 2.00 bits per heavy atom. The second-order valence-corrected chi connectivity index (χ2v) is 3.87. The Hall–Kier alpha value is -1.58. The van der Waals surface area contributed by atoms with Gasteiger partial charge >= 0.3 is 0 Å². The van der Waals surface area contributed by atoms with Gasteiger partial charge in [0.15, 0.2) is 0 Å². The van der Waals surface area contributed by atoms with Crippen molar-refractivity contribution in [3.05, 3.63) is 25.3 Å². The lowest BCUT2D eigenvalue weighted by atomic mass is 10.2. The number of amides is 2. The molecule has 2 amide bonds. The van der Waals surface area contributed by atoms with E-state index < -0.39 is 0 Å². The van der Waals surface area contributed by atoms with Gasteiger partial charge in [-0.15, -0.1) is 0 Å². The first-order valence-corrected chi connectivity index (χ1v) is 5.90. The van der Waals surface area contributed by atoms with E-state index >= 15 is 0 Å². The Kier molecular flexibility index (Phi) is 7.76. The summed E-state index contributed by atoms with van der Waals surface area (Å²) >= 11 is 0. The summed E-state index contributed by atoms with van der Waals surface area (Å²) in [5.74, 6) is -0.247. The van der Waals surface area contributed by atoms with Crippen LogP contribution in [0.4, 0.5) is 0 Å². The first-order valence-electron chi connectivity index (χ1n) is 5.90. The van der Waals surface area contributed by atoms with E-state index in [1.807, 2.05) is 13.8 Å². The fourth-order valence-electron chi connectivity index (χ4n) is 1.54. The molecule has 0 saturated carbocycles. The molecular formula is C13H22N2O2. The molecule has 0 spiro atoms. The van der Waals surface area contributed by atoms with Crippen LogP contribution in [0.3, 0.4) is 0 Å². The SMILES string of the molecule is C=CC(=O)NCCC(C)N(CCC)C(=O)C=C. The van der Waals surface area contributed by atoms with Gasteiger partial charge in [0.2, 0.25) is 11.8 Å². The number of nitrogens with one attached hydrogen (secondary N) is 1. The number of carbonyl (C=O) groups is 2. The predicted octanol–water partition coefficient (Wildman–Crippen LogP) is 1.49. The van der Waals surface area contributed by atoms with Crippen LogP contribution in [-0.2, 0) is 9.59 Å². The van der Waals surface area contributed by atoms with Gasteiger partial charge in [0, 0.05) is 19.1 Å². The molecule has 0 radical (unpaired) electrons. The summed E-state index contributed by atoms with van der Waals surface area (Å²) in [6, 6.07) is 0.0885. The average molecular weight is 238 g/mol. The maximum absolute atomic E-state index is 11.6. The van der Waals surface area contributed by atoms with Crippen LogP contribution in [0.5, 0.6) is 0 Å². The molecule has 0 heterocycles. The Balaban J connectivity index is 4.18. The van der Waals surface area contributed by atoms with E-state index in [-0.39, 0.29) is 17.9 Å². The second-order valence-electron chi connectivity index (χ2n) is 3.87. The fourth-order valence-corrected chi connectivity index (χ4v) is 1.54. The molecule has 17 heavy (non-hydrogen) atoms. The molecule has 0 rings (SSSR count). The van der Waals surface area contributed by atoms with Gasteiger partial charge in [-0.2, -0.15) is 0 Å². The lowest BCUT2D eigenvalue weighted by molar-refractivity contribution is -0.128. The number of hydrogen-bond donors (Lipinski definition) is 1. The first-order chi connectivity index (χ1) is 8.06. The third kappa shape index (κ3) is 5.90. The molecule has 0 saturated heterocycles. The van der Waals surface area contributed by atoms with Crippen molar-refractivity contribution in [3.63, 3.8) is 0 Å². The van der Waals surface area contributed by atoms with Gasteiger partial charge in [0.1, 0.15) is 0 Å². The van der Waals surface area contributed by atoms with Gasteiger partial charge in [-0.1, -0.05) is 20.1 Å². The molecule has 0 aromatic rings. The van der Waals surface area contributed by atoms with Crippen LogP contribution in [0.2, 0.25) is 0 Å². The lowest BCUT2D eigenvalue weighted by Gasteiger charge is -2.28. The van der Waals surface area contributed by atoms with Crippen LogP contribution >= 0.6 is 0 Å². The van der Waals surface area contributed by atoms with E-state index in [1.54, 1.807) is 4.90 Å². The van der Waals surface area contributed by atoms with Crippen molar-refractivity contribution in [1.29, 1.82) is 0 Å². The molecule has 0 aliphatic rings. The highest BCUT2D eigenvalue weighted by Gasteiger charge is 2.16. The van der Waals surface area contributed by atoms with E-state index in [0.717, 1.165) is 12.8 Å². The molecule has 0 aromatic carbocycles. The lowest BCUT2D eigenvalue weighted by Crippen LogP contribution is -2.40. The number of hydrogen-bond acceptors (Lipinski definition) is 2. The summed E-state index contributed by atoms with van der Waals surface area (Å²) < 4.78 is 0. The molecule has 0 aromatic heterocycles. The summed E-state index contributed by atoms with van der Waals surface area (Å²) in [7, 11) is 0. The molecule has 1 N–H and O–H groups in total. The van der Waals surface area contributed by atoms with Crippen molar-refractivity contribution in [1.82, 2.24) is 10.2 Å². The quantitative estimate of drug-likeness (QED) is 0.651. The highest BCUT2D eigenvalue weighted by Crippen LogP contribution is 2.05. The van der Waals surface area contributed by atoms with E-state index in [2.05, 4.69) is 18.5 Å². The van der Waals surface area contributed by atoms with Gasteiger partial charge in [0.05, 0.1) is 0 Å². The van der Waals surface area contributed by atoms with E-state index in [1.165, 1.54) is 12.2 Å². The van der Waals surface area contributed by atoms with Gasteiger partial charge in [-0.25, -0.2) is 0 Å². The third-order valence-electron chi connectivity index (χ3n) is 2.50. The highest BCUT2D eigenvalue weighted by atomic mass is 16.2.